The van der Waals surface area contributed by atoms with Crippen LogP contribution in [0.15, 0.2) is 39.7 Å². The van der Waals surface area contributed by atoms with Gasteiger partial charge in [0.25, 0.3) is 5.56 Å². The largest absolute Gasteiger partial charge is 0.463 e. The maximum Gasteiger partial charge on any atom is 0.274 e. The Morgan fingerprint density at radius 2 is 2.25 bits per heavy atom. The van der Waals surface area contributed by atoms with Crippen LogP contribution >= 0.6 is 0 Å². The summed E-state index contributed by atoms with van der Waals surface area (Å²) in [5.74, 6) is 0.650. The average molecular weight is 272 g/mol. The van der Waals surface area contributed by atoms with Crippen LogP contribution in [-0.4, -0.2) is 20.7 Å². The van der Waals surface area contributed by atoms with Crippen LogP contribution in [-0.2, 0) is 13.5 Å². The lowest BCUT2D eigenvalue weighted by atomic mass is 10.2. The number of fused-ring (bicyclic) bond motifs is 1. The Morgan fingerprint density at radius 1 is 1.40 bits per heavy atom. The summed E-state index contributed by atoms with van der Waals surface area (Å²) in [6.45, 7) is 0.607. The van der Waals surface area contributed by atoms with Crippen LogP contribution in [0.2, 0.25) is 0 Å². The minimum Gasteiger partial charge on any atom is -0.463 e. The zero-order valence-corrected chi connectivity index (χ0v) is 11.2. The molecule has 0 aromatic carbocycles. The van der Waals surface area contributed by atoms with Gasteiger partial charge >= 0.3 is 0 Å². The van der Waals surface area contributed by atoms with Crippen molar-refractivity contribution in [1.29, 1.82) is 0 Å². The summed E-state index contributed by atoms with van der Waals surface area (Å²) < 4.78 is 8.68. The maximum atomic E-state index is 12.1. The maximum absolute atomic E-state index is 12.1. The van der Waals surface area contributed by atoms with Crippen molar-refractivity contribution in [2.45, 2.75) is 12.8 Å². The molecule has 2 N–H and O–H groups in total. The first-order valence-corrected chi connectivity index (χ1v) is 6.53. The smallest absolute Gasteiger partial charge is 0.274 e. The minimum atomic E-state index is -0.136. The fourth-order valence-electron chi connectivity index (χ4n) is 2.29. The summed E-state index contributed by atoms with van der Waals surface area (Å²) in [4.78, 5) is 12.1. The highest BCUT2D eigenvalue weighted by molar-refractivity contribution is 5.59. The molecule has 0 aliphatic rings. The van der Waals surface area contributed by atoms with Crippen molar-refractivity contribution in [3.63, 3.8) is 0 Å². The van der Waals surface area contributed by atoms with Crippen LogP contribution in [0, 0.1) is 0 Å². The molecule has 3 aromatic heterocycles. The van der Waals surface area contributed by atoms with E-state index in [1.54, 1.807) is 18.4 Å². The molecule has 0 bridgehead atoms. The molecule has 104 valence electrons. The van der Waals surface area contributed by atoms with Crippen LogP contribution in [0.1, 0.15) is 12.1 Å². The monoisotopic (exact) mass is 272 g/mol. The Balaban J connectivity index is 2.16. The Hall–Kier alpha value is -2.34. The van der Waals surface area contributed by atoms with Crippen LogP contribution in [0.3, 0.4) is 0 Å². The Bertz CT molecular complexity index is 783. The molecular formula is C14H16N4O2. The summed E-state index contributed by atoms with van der Waals surface area (Å²) in [5, 5.41) is 4.30. The molecule has 0 aliphatic carbocycles. The molecule has 0 fully saturated rings. The molecule has 6 heteroatoms. The third kappa shape index (κ3) is 2.04. The summed E-state index contributed by atoms with van der Waals surface area (Å²) in [5.41, 5.74) is 7.75. The van der Waals surface area contributed by atoms with E-state index in [1.807, 2.05) is 23.7 Å². The second-order valence-corrected chi connectivity index (χ2v) is 4.70. The van der Waals surface area contributed by atoms with Gasteiger partial charge in [-0.05, 0) is 31.5 Å². The average Bonchev–Trinajstić information content (AvgIpc) is 3.08. The normalized spacial score (nSPS) is 11.3. The Kier molecular flexibility index (Phi) is 3.15. The number of furan rings is 1. The van der Waals surface area contributed by atoms with Crippen molar-refractivity contribution in [2.75, 3.05) is 6.54 Å². The molecule has 0 unspecified atom stereocenters. The van der Waals surface area contributed by atoms with E-state index in [1.165, 1.54) is 4.52 Å². The van der Waals surface area contributed by atoms with Gasteiger partial charge in [0.2, 0.25) is 0 Å². The van der Waals surface area contributed by atoms with E-state index >= 15 is 0 Å². The van der Waals surface area contributed by atoms with Gasteiger partial charge in [-0.1, -0.05) is 0 Å². The SMILES string of the molecule is Cn1c(CCCN)cc(=O)n2nc(-c3ccco3)cc12. The number of aromatic nitrogens is 3. The van der Waals surface area contributed by atoms with E-state index in [2.05, 4.69) is 5.10 Å². The van der Waals surface area contributed by atoms with E-state index in [-0.39, 0.29) is 5.56 Å². The van der Waals surface area contributed by atoms with Crippen LogP contribution < -0.4 is 11.3 Å². The number of rotatable bonds is 4. The quantitative estimate of drug-likeness (QED) is 0.773. The van der Waals surface area contributed by atoms with Gasteiger partial charge in [-0.25, -0.2) is 0 Å². The van der Waals surface area contributed by atoms with Gasteiger partial charge in [-0.2, -0.15) is 9.61 Å². The second kappa shape index (κ2) is 4.97. The summed E-state index contributed by atoms with van der Waals surface area (Å²) in [6, 6.07) is 7.08. The van der Waals surface area contributed by atoms with Gasteiger partial charge in [0.1, 0.15) is 11.3 Å². The molecule has 0 saturated heterocycles. The Morgan fingerprint density at radius 3 is 2.95 bits per heavy atom. The number of nitrogens with zero attached hydrogens (tertiary/aromatic N) is 3. The zero-order chi connectivity index (χ0) is 14.1. The predicted octanol–water partition coefficient (Wildman–Crippen LogP) is 1.18. The first-order chi connectivity index (χ1) is 9.70. The number of aryl methyl sites for hydroxylation is 2. The lowest BCUT2D eigenvalue weighted by Crippen LogP contribution is -2.20. The first-order valence-electron chi connectivity index (χ1n) is 6.53. The van der Waals surface area contributed by atoms with Gasteiger partial charge in [0, 0.05) is 24.9 Å². The van der Waals surface area contributed by atoms with Gasteiger partial charge in [-0.15, -0.1) is 0 Å². The van der Waals surface area contributed by atoms with Crippen LogP contribution in [0.5, 0.6) is 0 Å². The lowest BCUT2D eigenvalue weighted by Gasteiger charge is -2.09. The molecule has 0 aliphatic heterocycles. The van der Waals surface area contributed by atoms with E-state index < -0.39 is 0 Å². The first kappa shape index (κ1) is 12.7. The van der Waals surface area contributed by atoms with E-state index in [0.29, 0.717) is 18.0 Å². The van der Waals surface area contributed by atoms with E-state index in [9.17, 15) is 4.79 Å². The summed E-state index contributed by atoms with van der Waals surface area (Å²) in [6.07, 6.45) is 3.22. The molecule has 20 heavy (non-hydrogen) atoms. The van der Waals surface area contributed by atoms with Crippen molar-refractivity contribution in [3.8, 4) is 11.5 Å². The highest BCUT2D eigenvalue weighted by Crippen LogP contribution is 2.19. The van der Waals surface area contributed by atoms with Crippen molar-refractivity contribution >= 4 is 5.65 Å². The van der Waals surface area contributed by atoms with E-state index in [4.69, 9.17) is 10.2 Å². The lowest BCUT2D eigenvalue weighted by molar-refractivity contribution is 0.579. The molecule has 6 nitrogen and oxygen atoms in total. The molecule has 0 radical (unpaired) electrons. The molecule has 0 amide bonds. The van der Waals surface area contributed by atoms with Crippen LogP contribution in [0.25, 0.3) is 17.1 Å². The molecular weight excluding hydrogens is 256 g/mol. The molecule has 3 aromatic rings. The predicted molar refractivity (Wildman–Crippen MR) is 75.5 cm³/mol. The fraction of sp³-hybridized carbons (Fsp3) is 0.286. The van der Waals surface area contributed by atoms with Gasteiger partial charge in [0.15, 0.2) is 5.76 Å². The van der Waals surface area contributed by atoms with Gasteiger partial charge in [-0.3, -0.25) is 4.79 Å². The van der Waals surface area contributed by atoms with Crippen molar-refractivity contribution in [3.05, 3.63) is 46.6 Å². The summed E-state index contributed by atoms with van der Waals surface area (Å²) in [7, 11) is 1.92. The van der Waals surface area contributed by atoms with E-state index in [0.717, 1.165) is 24.2 Å². The van der Waals surface area contributed by atoms with Crippen molar-refractivity contribution in [1.82, 2.24) is 14.2 Å². The Labute approximate surface area is 115 Å². The van der Waals surface area contributed by atoms with Crippen molar-refractivity contribution in [2.24, 2.45) is 12.8 Å². The number of nitrogens with two attached hydrogens (primary N) is 1. The molecule has 0 atom stereocenters. The standard InChI is InChI=1S/C14H16N4O2/c1-17-10(4-2-6-15)8-14(19)18-13(17)9-11(16-18)12-5-3-7-20-12/h3,5,7-9H,2,4,6,15H2,1H3. The highest BCUT2D eigenvalue weighted by Gasteiger charge is 2.12. The third-order valence-electron chi connectivity index (χ3n) is 3.37. The third-order valence-corrected chi connectivity index (χ3v) is 3.37. The molecule has 3 heterocycles. The van der Waals surface area contributed by atoms with Crippen LogP contribution in [0.4, 0.5) is 0 Å². The molecule has 0 spiro atoms. The highest BCUT2D eigenvalue weighted by atomic mass is 16.3. The van der Waals surface area contributed by atoms with Gasteiger partial charge < -0.3 is 14.7 Å². The number of hydrogen-bond donors (Lipinski definition) is 1. The summed E-state index contributed by atoms with van der Waals surface area (Å²) >= 11 is 0. The molecule has 3 rings (SSSR count). The minimum absolute atomic E-state index is 0.136. The molecule has 0 saturated carbocycles. The van der Waals surface area contributed by atoms with Gasteiger partial charge in [0.05, 0.1) is 6.26 Å². The van der Waals surface area contributed by atoms with Crippen molar-refractivity contribution < 1.29 is 4.42 Å². The fourth-order valence-corrected chi connectivity index (χ4v) is 2.29. The second-order valence-electron chi connectivity index (χ2n) is 4.70. The topological polar surface area (TPSA) is 78.5 Å². The zero-order valence-electron chi connectivity index (χ0n) is 11.2. The number of hydrogen-bond acceptors (Lipinski definition) is 4.